The van der Waals surface area contributed by atoms with Gasteiger partial charge in [-0.05, 0) is 18.6 Å². The number of nitrogens with one attached hydrogen (secondary N) is 2. The Labute approximate surface area is 95.3 Å². The van der Waals surface area contributed by atoms with Gasteiger partial charge in [-0.2, -0.15) is 0 Å². The van der Waals surface area contributed by atoms with E-state index in [1.165, 1.54) is 0 Å². The molecular formula is C13H15N3. The Hall–Kier alpha value is -1.95. The normalized spacial score (nSPS) is 12.2. The molecule has 0 aliphatic carbocycles. The van der Waals surface area contributed by atoms with E-state index in [-0.39, 0.29) is 6.04 Å². The van der Waals surface area contributed by atoms with Crippen molar-refractivity contribution < 1.29 is 0 Å². The van der Waals surface area contributed by atoms with Gasteiger partial charge in [0, 0.05) is 12.5 Å². The highest BCUT2D eigenvalue weighted by molar-refractivity contribution is 5.77. The summed E-state index contributed by atoms with van der Waals surface area (Å²) in [6.45, 7) is 2.11. The molecule has 0 fully saturated rings. The fourth-order valence-electron chi connectivity index (χ4n) is 1.65. The van der Waals surface area contributed by atoms with Crippen LogP contribution in [0.4, 0.5) is 5.95 Å². The third kappa shape index (κ3) is 2.17. The fraction of sp³-hybridized carbons (Fsp3) is 0.308. The van der Waals surface area contributed by atoms with Crippen molar-refractivity contribution in [3.05, 3.63) is 24.3 Å². The number of imidazole rings is 1. The molecule has 3 heteroatoms. The lowest BCUT2D eigenvalue weighted by Gasteiger charge is -2.12. The molecule has 2 aromatic rings. The van der Waals surface area contributed by atoms with E-state index in [1.807, 2.05) is 24.3 Å². The van der Waals surface area contributed by atoms with Crippen LogP contribution in [0.15, 0.2) is 24.3 Å². The molecule has 0 amide bonds. The molecule has 0 aliphatic heterocycles. The van der Waals surface area contributed by atoms with E-state index in [1.54, 1.807) is 0 Å². The van der Waals surface area contributed by atoms with Crippen molar-refractivity contribution in [3.8, 4) is 12.3 Å². The number of hydrogen-bond acceptors (Lipinski definition) is 2. The molecule has 3 nitrogen and oxygen atoms in total. The van der Waals surface area contributed by atoms with Gasteiger partial charge >= 0.3 is 0 Å². The predicted molar refractivity (Wildman–Crippen MR) is 67.2 cm³/mol. The number of terminal acetylenes is 1. The summed E-state index contributed by atoms with van der Waals surface area (Å²) in [7, 11) is 0. The standard InChI is InChI=1S/C13H15N3/c1-3-7-10(4-2)14-13-15-11-8-5-6-9-12(11)16-13/h1,5-6,8-10H,4,7H2,2H3,(H2,14,15,16). The van der Waals surface area contributed by atoms with Crippen LogP contribution in [-0.4, -0.2) is 16.0 Å². The number of nitrogens with zero attached hydrogens (tertiary/aromatic N) is 1. The molecule has 2 rings (SSSR count). The molecule has 0 aliphatic rings. The van der Waals surface area contributed by atoms with Crippen LogP contribution in [0.5, 0.6) is 0 Å². The van der Waals surface area contributed by atoms with Gasteiger partial charge in [0.1, 0.15) is 0 Å². The summed E-state index contributed by atoms with van der Waals surface area (Å²) in [5.41, 5.74) is 2.01. The highest BCUT2D eigenvalue weighted by Crippen LogP contribution is 2.15. The van der Waals surface area contributed by atoms with Crippen LogP contribution < -0.4 is 5.32 Å². The van der Waals surface area contributed by atoms with Crippen LogP contribution in [0.25, 0.3) is 11.0 Å². The van der Waals surface area contributed by atoms with E-state index >= 15 is 0 Å². The summed E-state index contributed by atoms with van der Waals surface area (Å²) in [5.74, 6) is 3.46. The number of fused-ring (bicyclic) bond motifs is 1. The lowest BCUT2D eigenvalue weighted by atomic mass is 10.2. The predicted octanol–water partition coefficient (Wildman–Crippen LogP) is 2.78. The van der Waals surface area contributed by atoms with Crippen molar-refractivity contribution >= 4 is 17.0 Å². The summed E-state index contributed by atoms with van der Waals surface area (Å²) < 4.78 is 0. The number of aromatic nitrogens is 2. The van der Waals surface area contributed by atoms with Gasteiger partial charge in [0.05, 0.1) is 11.0 Å². The van der Waals surface area contributed by atoms with E-state index in [9.17, 15) is 0 Å². The number of para-hydroxylation sites is 2. The quantitative estimate of drug-likeness (QED) is 0.767. The van der Waals surface area contributed by atoms with Gasteiger partial charge in [0.25, 0.3) is 0 Å². The second-order valence-corrected chi connectivity index (χ2v) is 3.76. The highest BCUT2D eigenvalue weighted by atomic mass is 15.1. The maximum Gasteiger partial charge on any atom is 0.201 e. The third-order valence-electron chi connectivity index (χ3n) is 2.59. The molecule has 1 unspecified atom stereocenters. The van der Waals surface area contributed by atoms with Gasteiger partial charge in [-0.25, -0.2) is 4.98 Å². The Morgan fingerprint density at radius 2 is 2.31 bits per heavy atom. The van der Waals surface area contributed by atoms with Crippen molar-refractivity contribution in [2.24, 2.45) is 0 Å². The minimum absolute atomic E-state index is 0.283. The summed E-state index contributed by atoms with van der Waals surface area (Å²) in [6.07, 6.45) is 7.02. The highest BCUT2D eigenvalue weighted by Gasteiger charge is 2.07. The second-order valence-electron chi connectivity index (χ2n) is 3.76. The first-order valence-electron chi connectivity index (χ1n) is 5.48. The van der Waals surface area contributed by atoms with Gasteiger partial charge in [-0.3, -0.25) is 0 Å². The fourth-order valence-corrected chi connectivity index (χ4v) is 1.65. The van der Waals surface area contributed by atoms with Gasteiger partial charge in [-0.1, -0.05) is 19.1 Å². The van der Waals surface area contributed by atoms with Crippen LogP contribution in [0.2, 0.25) is 0 Å². The second kappa shape index (κ2) is 4.71. The van der Waals surface area contributed by atoms with Crippen LogP contribution in [-0.2, 0) is 0 Å². The van der Waals surface area contributed by atoms with Gasteiger partial charge in [0.2, 0.25) is 5.95 Å². The Bertz CT molecular complexity index is 474. The number of hydrogen-bond donors (Lipinski definition) is 2. The average Bonchev–Trinajstić information content (AvgIpc) is 2.70. The minimum atomic E-state index is 0.283. The van der Waals surface area contributed by atoms with Crippen LogP contribution in [0, 0.1) is 12.3 Å². The number of rotatable bonds is 4. The molecule has 1 aromatic heterocycles. The molecule has 1 heterocycles. The summed E-state index contributed by atoms with van der Waals surface area (Å²) in [5, 5.41) is 3.31. The number of aromatic amines is 1. The van der Waals surface area contributed by atoms with Crippen LogP contribution in [0.1, 0.15) is 19.8 Å². The van der Waals surface area contributed by atoms with Crippen molar-refractivity contribution in [3.63, 3.8) is 0 Å². The van der Waals surface area contributed by atoms with E-state index in [4.69, 9.17) is 6.42 Å². The monoisotopic (exact) mass is 213 g/mol. The molecule has 82 valence electrons. The summed E-state index contributed by atoms with van der Waals surface area (Å²) in [4.78, 5) is 7.68. The van der Waals surface area contributed by atoms with Crippen LogP contribution in [0.3, 0.4) is 0 Å². The lowest BCUT2D eigenvalue weighted by Crippen LogP contribution is -2.18. The van der Waals surface area contributed by atoms with Crippen molar-refractivity contribution in [2.45, 2.75) is 25.8 Å². The summed E-state index contributed by atoms with van der Waals surface area (Å²) in [6, 6.07) is 8.24. The third-order valence-corrected chi connectivity index (χ3v) is 2.59. The molecule has 1 atom stereocenters. The molecule has 0 spiro atoms. The van der Waals surface area contributed by atoms with E-state index in [0.717, 1.165) is 23.4 Å². The first kappa shape index (κ1) is 10.6. The lowest BCUT2D eigenvalue weighted by molar-refractivity contribution is 0.709. The van der Waals surface area contributed by atoms with Crippen LogP contribution >= 0.6 is 0 Å². The summed E-state index contributed by atoms with van der Waals surface area (Å²) >= 11 is 0. The molecular weight excluding hydrogens is 198 g/mol. The average molecular weight is 213 g/mol. The molecule has 16 heavy (non-hydrogen) atoms. The Balaban J connectivity index is 2.18. The first-order valence-corrected chi connectivity index (χ1v) is 5.48. The van der Waals surface area contributed by atoms with Gasteiger partial charge in [-0.15, -0.1) is 12.3 Å². The SMILES string of the molecule is C#CCC(CC)Nc1nc2ccccc2[nH]1. The molecule has 0 saturated carbocycles. The minimum Gasteiger partial charge on any atom is -0.352 e. The molecule has 2 N–H and O–H groups in total. The smallest absolute Gasteiger partial charge is 0.201 e. The zero-order valence-electron chi connectivity index (χ0n) is 9.33. The molecule has 0 radical (unpaired) electrons. The van der Waals surface area contributed by atoms with Gasteiger partial charge in [0.15, 0.2) is 0 Å². The number of H-pyrrole nitrogens is 1. The van der Waals surface area contributed by atoms with Crippen molar-refractivity contribution in [1.82, 2.24) is 9.97 Å². The zero-order chi connectivity index (χ0) is 11.4. The Morgan fingerprint density at radius 1 is 1.50 bits per heavy atom. The zero-order valence-corrected chi connectivity index (χ0v) is 9.33. The van der Waals surface area contributed by atoms with Gasteiger partial charge < -0.3 is 10.3 Å². The Morgan fingerprint density at radius 3 is 3.00 bits per heavy atom. The maximum atomic E-state index is 5.31. The first-order chi connectivity index (χ1) is 7.83. The Kier molecular flexibility index (Phi) is 3.11. The van der Waals surface area contributed by atoms with E-state index in [0.29, 0.717) is 6.42 Å². The van der Waals surface area contributed by atoms with Crippen molar-refractivity contribution in [2.75, 3.05) is 5.32 Å². The number of anilines is 1. The molecule has 1 aromatic carbocycles. The van der Waals surface area contributed by atoms with Crippen molar-refractivity contribution in [1.29, 1.82) is 0 Å². The van der Waals surface area contributed by atoms with E-state index in [2.05, 4.69) is 28.1 Å². The van der Waals surface area contributed by atoms with E-state index < -0.39 is 0 Å². The number of benzene rings is 1. The molecule has 0 saturated heterocycles. The maximum absolute atomic E-state index is 5.31. The topological polar surface area (TPSA) is 40.7 Å². The molecule has 0 bridgehead atoms. The largest absolute Gasteiger partial charge is 0.352 e.